The first-order valence-electron chi connectivity index (χ1n) is 9.51. The summed E-state index contributed by atoms with van der Waals surface area (Å²) in [6, 6.07) is 17.0. The lowest BCUT2D eigenvalue weighted by atomic mass is 9.86. The fourth-order valence-corrected chi connectivity index (χ4v) is 5.01. The van der Waals surface area contributed by atoms with Gasteiger partial charge in [-0.1, -0.05) is 46.3 Å². The fourth-order valence-electron chi connectivity index (χ4n) is 4.63. The summed E-state index contributed by atoms with van der Waals surface area (Å²) in [7, 11) is 0. The first-order valence-corrected chi connectivity index (χ1v) is 10.3. The fraction of sp³-hybridized carbons (Fsp3) is 0.409. The maximum atomic E-state index is 6.67. The summed E-state index contributed by atoms with van der Waals surface area (Å²) in [4.78, 5) is 0. The molecular weight excluding hydrogens is 404 g/mol. The van der Waals surface area contributed by atoms with E-state index < -0.39 is 5.72 Å². The van der Waals surface area contributed by atoms with Crippen molar-refractivity contribution >= 4 is 21.6 Å². The van der Waals surface area contributed by atoms with E-state index in [1.165, 1.54) is 11.1 Å². The molecule has 2 aromatic rings. The molecular formula is C22H23BrN2O2. The molecule has 3 heterocycles. The van der Waals surface area contributed by atoms with Gasteiger partial charge in [-0.15, -0.1) is 0 Å². The molecule has 1 spiro atoms. The molecule has 1 saturated heterocycles. The smallest absolute Gasteiger partial charge is 0.203 e. The van der Waals surface area contributed by atoms with Gasteiger partial charge in [-0.25, -0.2) is 5.01 Å². The predicted molar refractivity (Wildman–Crippen MR) is 109 cm³/mol. The Morgan fingerprint density at radius 1 is 1.15 bits per heavy atom. The second-order valence-corrected chi connectivity index (χ2v) is 9.16. The average Bonchev–Trinajstić information content (AvgIpc) is 3.09. The minimum Gasteiger partial charge on any atom is -0.466 e. The second kappa shape index (κ2) is 6.08. The third kappa shape index (κ3) is 2.88. The SMILES string of the molecule is CC1(C)C[C@]2(CCO1)Oc1ccc(Br)cc1[C@H]1CC(c3ccccc3)=NN12. The van der Waals surface area contributed by atoms with Gasteiger partial charge < -0.3 is 9.47 Å². The molecule has 2 aromatic carbocycles. The molecule has 0 aromatic heterocycles. The summed E-state index contributed by atoms with van der Waals surface area (Å²) in [6.07, 6.45) is 2.49. The highest BCUT2D eigenvalue weighted by Gasteiger charge is 2.54. The first kappa shape index (κ1) is 17.3. The largest absolute Gasteiger partial charge is 0.466 e. The van der Waals surface area contributed by atoms with Crippen LogP contribution in [-0.4, -0.2) is 28.7 Å². The van der Waals surface area contributed by atoms with Gasteiger partial charge in [-0.3, -0.25) is 0 Å². The van der Waals surface area contributed by atoms with Gasteiger partial charge in [0, 0.05) is 29.3 Å². The normalized spacial score (nSPS) is 28.3. The van der Waals surface area contributed by atoms with Crippen LogP contribution in [0.1, 0.15) is 50.3 Å². The molecule has 5 rings (SSSR count). The maximum Gasteiger partial charge on any atom is 0.203 e. The quantitative estimate of drug-likeness (QED) is 0.621. The van der Waals surface area contributed by atoms with Crippen molar-refractivity contribution in [3.63, 3.8) is 0 Å². The second-order valence-electron chi connectivity index (χ2n) is 8.24. The van der Waals surface area contributed by atoms with Gasteiger partial charge in [0.1, 0.15) is 5.75 Å². The molecule has 4 nitrogen and oxygen atoms in total. The van der Waals surface area contributed by atoms with Crippen molar-refractivity contribution in [1.29, 1.82) is 0 Å². The predicted octanol–water partition coefficient (Wildman–Crippen LogP) is 5.28. The maximum absolute atomic E-state index is 6.67. The number of fused-ring (bicyclic) bond motifs is 4. The van der Waals surface area contributed by atoms with E-state index in [1.807, 2.05) is 6.07 Å². The molecule has 0 aliphatic carbocycles. The number of hydrazone groups is 1. The Hall–Kier alpha value is -1.85. The van der Waals surface area contributed by atoms with Crippen LogP contribution in [0.5, 0.6) is 5.75 Å². The minimum atomic E-state index is -0.455. The molecule has 0 radical (unpaired) electrons. The summed E-state index contributed by atoms with van der Waals surface area (Å²) in [5.74, 6) is 0.974. The number of halogens is 1. The lowest BCUT2D eigenvalue weighted by Crippen LogP contribution is -2.60. The lowest BCUT2D eigenvalue weighted by molar-refractivity contribution is -0.212. The van der Waals surface area contributed by atoms with E-state index in [4.69, 9.17) is 14.6 Å². The van der Waals surface area contributed by atoms with Crippen molar-refractivity contribution < 1.29 is 9.47 Å². The van der Waals surface area contributed by atoms with Crippen LogP contribution >= 0.6 is 15.9 Å². The number of nitrogens with zero attached hydrogens (tertiary/aromatic N) is 2. The Labute approximate surface area is 168 Å². The highest BCUT2D eigenvalue weighted by Crippen LogP contribution is 2.52. The molecule has 3 aliphatic rings. The van der Waals surface area contributed by atoms with Crippen molar-refractivity contribution in [2.75, 3.05) is 6.61 Å². The van der Waals surface area contributed by atoms with Gasteiger partial charge in [0.15, 0.2) is 0 Å². The van der Waals surface area contributed by atoms with Crippen molar-refractivity contribution in [2.24, 2.45) is 5.10 Å². The molecule has 0 bridgehead atoms. The number of ether oxygens (including phenoxy) is 2. The molecule has 140 valence electrons. The van der Waals surface area contributed by atoms with E-state index in [2.05, 4.69) is 77.3 Å². The van der Waals surface area contributed by atoms with Crippen LogP contribution in [0.4, 0.5) is 0 Å². The van der Waals surface area contributed by atoms with Gasteiger partial charge >= 0.3 is 0 Å². The van der Waals surface area contributed by atoms with Gasteiger partial charge in [-0.05, 0) is 37.6 Å². The van der Waals surface area contributed by atoms with Crippen LogP contribution in [0.3, 0.4) is 0 Å². The van der Waals surface area contributed by atoms with E-state index in [0.29, 0.717) is 6.61 Å². The van der Waals surface area contributed by atoms with Gasteiger partial charge in [0.2, 0.25) is 5.72 Å². The van der Waals surface area contributed by atoms with Crippen LogP contribution in [0.25, 0.3) is 0 Å². The van der Waals surface area contributed by atoms with Crippen molar-refractivity contribution in [3.8, 4) is 5.75 Å². The Bertz CT molecular complexity index is 912. The van der Waals surface area contributed by atoms with Crippen LogP contribution in [0, 0.1) is 0 Å². The van der Waals surface area contributed by atoms with Crippen molar-refractivity contribution in [1.82, 2.24) is 5.01 Å². The van der Waals surface area contributed by atoms with E-state index in [0.717, 1.165) is 35.2 Å². The van der Waals surface area contributed by atoms with Crippen LogP contribution in [-0.2, 0) is 4.74 Å². The molecule has 0 saturated carbocycles. The zero-order valence-corrected chi connectivity index (χ0v) is 17.2. The Morgan fingerprint density at radius 3 is 2.74 bits per heavy atom. The Kier molecular flexibility index (Phi) is 3.89. The number of rotatable bonds is 1. The highest BCUT2D eigenvalue weighted by molar-refractivity contribution is 9.10. The van der Waals surface area contributed by atoms with Crippen LogP contribution < -0.4 is 4.74 Å². The van der Waals surface area contributed by atoms with E-state index in [-0.39, 0.29) is 11.6 Å². The van der Waals surface area contributed by atoms with Gasteiger partial charge in [0.05, 0.1) is 24.0 Å². The standard InChI is InChI=1S/C22H23BrN2O2/c1-21(2)14-22(10-11-26-21)25-19(17-12-16(23)8-9-20(17)27-22)13-18(24-25)15-6-4-3-5-7-15/h3-9,12,19H,10-11,13-14H2,1-2H3/t19-,22+/m1/s1. The molecule has 1 fully saturated rings. The molecule has 2 atom stereocenters. The monoisotopic (exact) mass is 426 g/mol. The van der Waals surface area contributed by atoms with E-state index in [1.54, 1.807) is 0 Å². The number of hydrogen-bond donors (Lipinski definition) is 0. The zero-order valence-electron chi connectivity index (χ0n) is 15.6. The van der Waals surface area contributed by atoms with Crippen LogP contribution in [0.2, 0.25) is 0 Å². The van der Waals surface area contributed by atoms with Crippen molar-refractivity contribution in [3.05, 3.63) is 64.1 Å². The van der Waals surface area contributed by atoms with E-state index >= 15 is 0 Å². The summed E-state index contributed by atoms with van der Waals surface area (Å²) >= 11 is 3.62. The average molecular weight is 427 g/mol. The van der Waals surface area contributed by atoms with Crippen LogP contribution in [0.15, 0.2) is 58.1 Å². The number of benzene rings is 2. The van der Waals surface area contributed by atoms with Gasteiger partial charge in [-0.2, -0.15) is 5.10 Å². The third-order valence-electron chi connectivity index (χ3n) is 5.75. The Morgan fingerprint density at radius 2 is 1.96 bits per heavy atom. The summed E-state index contributed by atoms with van der Waals surface area (Å²) in [6.45, 7) is 4.96. The van der Waals surface area contributed by atoms with Crippen molar-refractivity contribution in [2.45, 2.75) is 50.5 Å². The first-order chi connectivity index (χ1) is 13.0. The Balaban J connectivity index is 1.63. The summed E-state index contributed by atoms with van der Waals surface area (Å²) < 4.78 is 13.7. The molecule has 3 aliphatic heterocycles. The number of hydrogen-bond acceptors (Lipinski definition) is 4. The topological polar surface area (TPSA) is 34.1 Å². The molecule has 5 heteroatoms. The molecule has 0 unspecified atom stereocenters. The summed E-state index contributed by atoms with van der Waals surface area (Å²) in [5, 5.41) is 7.34. The summed E-state index contributed by atoms with van der Waals surface area (Å²) in [5.41, 5.74) is 2.82. The molecule has 0 N–H and O–H groups in total. The zero-order chi connectivity index (χ0) is 18.6. The minimum absolute atomic E-state index is 0.190. The third-order valence-corrected chi connectivity index (χ3v) is 6.25. The van der Waals surface area contributed by atoms with Gasteiger partial charge in [0.25, 0.3) is 0 Å². The highest BCUT2D eigenvalue weighted by atomic mass is 79.9. The molecule has 0 amide bonds. The van der Waals surface area contributed by atoms with E-state index in [9.17, 15) is 0 Å². The molecule has 27 heavy (non-hydrogen) atoms. The lowest BCUT2D eigenvalue weighted by Gasteiger charge is -2.52.